The molecule has 0 amide bonds. The average molecular weight is 311 g/mol. The van der Waals surface area contributed by atoms with Gasteiger partial charge >= 0.3 is 47.5 Å². The summed E-state index contributed by atoms with van der Waals surface area (Å²) < 4.78 is 4.50. The van der Waals surface area contributed by atoms with E-state index in [1.54, 1.807) is 0 Å². The molecule has 0 bridgehead atoms. The van der Waals surface area contributed by atoms with Gasteiger partial charge < -0.3 is 15.6 Å². The number of carbonyl (C=O) groups excluding carboxylic acids is 2. The summed E-state index contributed by atoms with van der Waals surface area (Å²) in [4.78, 5) is 32.9. The van der Waals surface area contributed by atoms with Gasteiger partial charge in [0.2, 0.25) is 0 Å². The molecule has 0 rings (SSSR count). The number of hydrogen-bond acceptors (Lipinski definition) is 5. The number of hydrogen-bond donors (Lipinski definition) is 2. The molecule has 0 radical (unpaired) electrons. The number of unbranched alkanes of at least 4 members (excludes halogenated alkanes) is 6. The Morgan fingerprint density at radius 2 is 1.52 bits per heavy atom. The molecular weight excluding hydrogens is 285 g/mol. The van der Waals surface area contributed by atoms with E-state index in [0.29, 0.717) is 6.42 Å². The van der Waals surface area contributed by atoms with E-state index in [-0.39, 0.29) is 36.0 Å². The molecule has 0 unspecified atom stereocenters. The minimum atomic E-state index is -1.33. The molecule has 21 heavy (non-hydrogen) atoms. The summed E-state index contributed by atoms with van der Waals surface area (Å²) >= 11 is 0. The van der Waals surface area contributed by atoms with Crippen molar-refractivity contribution in [2.45, 2.75) is 70.8 Å². The molecule has 3 N–H and O–H groups in total. The first kappa shape index (κ1) is 22.8. The van der Waals surface area contributed by atoms with Gasteiger partial charge in [0.05, 0.1) is 6.42 Å². The van der Waals surface area contributed by atoms with E-state index in [9.17, 15) is 14.4 Å². The third-order valence-electron chi connectivity index (χ3n) is 2.92. The molecule has 118 valence electrons. The SMILES string of the molecule is CCCCCCCCCC(=O)OC(=O)C[C@H](N)C(=O)O.[NaH]. The quantitative estimate of drug-likeness (QED) is 0.258. The number of carboxylic acids is 1. The summed E-state index contributed by atoms with van der Waals surface area (Å²) in [5, 5.41) is 8.51. The topological polar surface area (TPSA) is 107 Å². The number of carboxylic acid groups (broad SMARTS) is 1. The van der Waals surface area contributed by atoms with E-state index < -0.39 is 30.4 Å². The molecule has 0 saturated heterocycles. The molecule has 0 aromatic rings. The molecule has 1 atom stereocenters. The fraction of sp³-hybridized carbons (Fsp3) is 0.786. The Bertz CT molecular complexity index is 322. The molecule has 0 aromatic heterocycles. The van der Waals surface area contributed by atoms with Crippen LogP contribution < -0.4 is 5.73 Å². The van der Waals surface area contributed by atoms with Crippen LogP contribution in [0.2, 0.25) is 0 Å². The zero-order valence-electron chi connectivity index (χ0n) is 12.1. The van der Waals surface area contributed by atoms with Crippen molar-refractivity contribution in [3.05, 3.63) is 0 Å². The Morgan fingerprint density at radius 3 is 2.05 bits per heavy atom. The van der Waals surface area contributed by atoms with Crippen LogP contribution >= 0.6 is 0 Å². The van der Waals surface area contributed by atoms with Gasteiger partial charge in [0.1, 0.15) is 6.04 Å². The van der Waals surface area contributed by atoms with Crippen molar-refractivity contribution >= 4 is 47.5 Å². The van der Waals surface area contributed by atoms with Crippen LogP contribution in [0.5, 0.6) is 0 Å². The van der Waals surface area contributed by atoms with Crippen LogP contribution in [0.25, 0.3) is 0 Å². The minimum absolute atomic E-state index is 0. The van der Waals surface area contributed by atoms with E-state index >= 15 is 0 Å². The van der Waals surface area contributed by atoms with E-state index in [4.69, 9.17) is 10.8 Å². The molecule has 0 aliphatic heterocycles. The van der Waals surface area contributed by atoms with E-state index in [1.807, 2.05) is 0 Å². The van der Waals surface area contributed by atoms with Crippen molar-refractivity contribution in [1.82, 2.24) is 0 Å². The van der Waals surface area contributed by atoms with E-state index in [2.05, 4.69) is 11.7 Å². The van der Waals surface area contributed by atoms with Crippen molar-refractivity contribution in [1.29, 1.82) is 0 Å². The first-order valence-corrected chi connectivity index (χ1v) is 7.19. The Balaban J connectivity index is 0. The van der Waals surface area contributed by atoms with Crippen LogP contribution in [-0.2, 0) is 19.1 Å². The van der Waals surface area contributed by atoms with E-state index in [0.717, 1.165) is 19.3 Å². The second kappa shape index (κ2) is 14.5. The van der Waals surface area contributed by atoms with Gasteiger partial charge in [-0.2, -0.15) is 0 Å². The van der Waals surface area contributed by atoms with Gasteiger partial charge in [-0.15, -0.1) is 0 Å². The Labute approximate surface area is 148 Å². The molecule has 0 spiro atoms. The number of ether oxygens (including phenoxy) is 1. The summed E-state index contributed by atoms with van der Waals surface area (Å²) in [5.74, 6) is -2.78. The van der Waals surface area contributed by atoms with Crippen LogP contribution in [-0.4, -0.2) is 58.6 Å². The summed E-state index contributed by atoms with van der Waals surface area (Å²) in [7, 11) is 0. The number of rotatable bonds is 11. The second-order valence-corrected chi connectivity index (χ2v) is 4.87. The monoisotopic (exact) mass is 311 g/mol. The number of carbonyl (C=O) groups is 3. The third-order valence-corrected chi connectivity index (χ3v) is 2.92. The van der Waals surface area contributed by atoms with Gasteiger partial charge in [0, 0.05) is 6.42 Å². The first-order chi connectivity index (χ1) is 9.47. The number of aliphatic carboxylic acids is 1. The summed E-state index contributed by atoms with van der Waals surface area (Å²) in [5.41, 5.74) is 5.16. The molecule has 0 aromatic carbocycles. The molecule has 0 fully saturated rings. The fourth-order valence-corrected chi connectivity index (χ4v) is 1.71. The van der Waals surface area contributed by atoms with Crippen LogP contribution in [0.4, 0.5) is 0 Å². The normalized spacial score (nSPS) is 11.3. The van der Waals surface area contributed by atoms with Gasteiger partial charge in [-0.05, 0) is 6.42 Å². The van der Waals surface area contributed by atoms with Gasteiger partial charge in [0.25, 0.3) is 0 Å². The zero-order chi connectivity index (χ0) is 15.4. The standard InChI is InChI=1S/C14H25NO5.Na.H/c1-2-3-4-5-6-7-8-9-12(16)20-13(17)10-11(15)14(18)19;;/h11H,2-10,15H2,1H3,(H,18,19);;/t11-;;/m0../s1. The molecule has 0 saturated carbocycles. The zero-order valence-corrected chi connectivity index (χ0v) is 12.1. The first-order valence-electron chi connectivity index (χ1n) is 7.19. The summed E-state index contributed by atoms with van der Waals surface area (Å²) in [6.45, 7) is 2.16. The Morgan fingerprint density at radius 1 is 1.00 bits per heavy atom. The molecule has 0 aliphatic carbocycles. The van der Waals surface area contributed by atoms with Crippen molar-refractivity contribution in [2.24, 2.45) is 5.73 Å². The molecule has 6 nitrogen and oxygen atoms in total. The Kier molecular flexibility index (Phi) is 15.8. The van der Waals surface area contributed by atoms with Crippen LogP contribution in [0, 0.1) is 0 Å². The van der Waals surface area contributed by atoms with Gasteiger partial charge in [-0.1, -0.05) is 45.4 Å². The van der Waals surface area contributed by atoms with Gasteiger partial charge in [-0.25, -0.2) is 0 Å². The van der Waals surface area contributed by atoms with Gasteiger partial charge in [-0.3, -0.25) is 14.4 Å². The van der Waals surface area contributed by atoms with Crippen LogP contribution in [0.3, 0.4) is 0 Å². The fourth-order valence-electron chi connectivity index (χ4n) is 1.71. The van der Waals surface area contributed by atoms with Crippen molar-refractivity contribution in [3.63, 3.8) is 0 Å². The Hall–Kier alpha value is -0.430. The predicted octanol–water partition coefficient (Wildman–Crippen LogP) is 1.35. The van der Waals surface area contributed by atoms with Crippen molar-refractivity contribution in [3.8, 4) is 0 Å². The molecule has 7 heteroatoms. The summed E-state index contributed by atoms with van der Waals surface area (Å²) in [6, 6.07) is -1.33. The maximum atomic E-state index is 11.3. The second-order valence-electron chi connectivity index (χ2n) is 4.87. The maximum absolute atomic E-state index is 11.3. The predicted molar refractivity (Wildman–Crippen MR) is 81.1 cm³/mol. The van der Waals surface area contributed by atoms with Gasteiger partial charge in [0.15, 0.2) is 0 Å². The molecular formula is C14H26NNaO5. The molecule has 0 heterocycles. The summed E-state index contributed by atoms with van der Waals surface area (Å²) in [6.07, 6.45) is 7.20. The van der Waals surface area contributed by atoms with Crippen molar-refractivity contribution in [2.75, 3.05) is 0 Å². The average Bonchev–Trinajstić information content (AvgIpc) is 2.37. The van der Waals surface area contributed by atoms with E-state index in [1.165, 1.54) is 19.3 Å². The third kappa shape index (κ3) is 14.3. The number of esters is 2. The van der Waals surface area contributed by atoms with Crippen LogP contribution in [0.15, 0.2) is 0 Å². The van der Waals surface area contributed by atoms with Crippen molar-refractivity contribution < 1.29 is 24.2 Å². The van der Waals surface area contributed by atoms with Crippen LogP contribution in [0.1, 0.15) is 64.7 Å². The molecule has 0 aliphatic rings. The number of nitrogens with two attached hydrogens (primary N) is 1.